The van der Waals surface area contributed by atoms with Gasteiger partial charge in [0.05, 0.1) is 42.3 Å². The van der Waals surface area contributed by atoms with Gasteiger partial charge in [-0.25, -0.2) is 0 Å². The maximum atomic E-state index is 11.8. The van der Waals surface area contributed by atoms with E-state index in [1.165, 1.54) is 36.7 Å². The van der Waals surface area contributed by atoms with Crippen LogP contribution in [-0.4, -0.2) is 22.5 Å². The Balaban J connectivity index is 1.16. The number of rotatable bonds is 15. The molecule has 6 rings (SSSR count). The lowest BCUT2D eigenvalue weighted by atomic mass is 10.0. The predicted octanol–water partition coefficient (Wildman–Crippen LogP) is 10.4. The molecule has 0 N–H and O–H groups in total. The van der Waals surface area contributed by atoms with Crippen molar-refractivity contribution in [3.05, 3.63) is 162 Å². The molecule has 0 radical (unpaired) electrons. The second-order valence-electron chi connectivity index (χ2n) is 12.0. The van der Waals surface area contributed by atoms with Crippen molar-refractivity contribution in [2.75, 3.05) is 0 Å². The molecular formula is C42H26Cl4N4O6. The summed E-state index contributed by atoms with van der Waals surface area (Å²) in [5, 5.41) is 19.5. The van der Waals surface area contributed by atoms with E-state index in [9.17, 15) is 9.59 Å². The zero-order chi connectivity index (χ0) is 39.6. The van der Waals surface area contributed by atoms with Gasteiger partial charge < -0.3 is 18.9 Å². The molecule has 6 aromatic rings. The van der Waals surface area contributed by atoms with Gasteiger partial charge in [0.15, 0.2) is 12.6 Å². The van der Waals surface area contributed by atoms with Crippen molar-refractivity contribution < 1.29 is 28.5 Å². The minimum Gasteiger partial charge on any atom is -0.488 e. The van der Waals surface area contributed by atoms with Crippen LogP contribution in [0.2, 0.25) is 20.1 Å². The summed E-state index contributed by atoms with van der Waals surface area (Å²) in [6.45, 7) is 0.134. The number of hydrogen-bond donors (Lipinski definition) is 0. The Kier molecular flexibility index (Phi) is 13.0. The summed E-state index contributed by atoms with van der Waals surface area (Å²) >= 11 is 26.8. The van der Waals surface area contributed by atoms with Crippen LogP contribution in [0.5, 0.6) is 23.0 Å². The summed E-state index contributed by atoms with van der Waals surface area (Å²) in [5.74, 6) is 0.982. The van der Waals surface area contributed by atoms with Gasteiger partial charge in [0, 0.05) is 70.3 Å². The van der Waals surface area contributed by atoms with E-state index < -0.39 is 0 Å². The molecule has 0 saturated heterocycles. The fourth-order valence-electron chi connectivity index (χ4n) is 5.44. The van der Waals surface area contributed by atoms with Gasteiger partial charge in [-0.1, -0.05) is 82.8 Å². The summed E-state index contributed by atoms with van der Waals surface area (Å²) in [7, 11) is 0. The normalized spacial score (nSPS) is 10.5. The summed E-state index contributed by atoms with van der Waals surface area (Å²) in [6, 6.07) is 24.2. The predicted molar refractivity (Wildman–Crippen MR) is 211 cm³/mol. The van der Waals surface area contributed by atoms with Gasteiger partial charge in [-0.15, -0.1) is 0 Å². The molecule has 0 fully saturated rings. The fraction of sp³-hybridized carbons (Fsp3) is 0.0952. The molecular weight excluding hydrogens is 798 g/mol. The Labute approximate surface area is 341 Å². The molecule has 278 valence electrons. The quantitative estimate of drug-likeness (QED) is 0.0918. The fourth-order valence-corrected chi connectivity index (χ4v) is 6.46. The van der Waals surface area contributed by atoms with Crippen molar-refractivity contribution in [3.63, 3.8) is 0 Å². The lowest BCUT2D eigenvalue weighted by Gasteiger charge is -2.16. The van der Waals surface area contributed by atoms with E-state index in [4.69, 9.17) is 75.9 Å². The molecule has 2 aromatic heterocycles. The topological polar surface area (TPSA) is 144 Å². The van der Waals surface area contributed by atoms with E-state index in [-0.39, 0.29) is 70.6 Å². The first-order chi connectivity index (χ1) is 27.2. The SMILES string of the molecule is N#Cc1cncc(COc2cc(OCc3cccc(-c4cccc(COc5cc(OCc6cncc(C#N)c6)c(C=O)cc5Cl)c4Cl)c3Cl)c(Cl)cc2C=O)c1. The lowest BCUT2D eigenvalue weighted by Crippen LogP contribution is -2.03. The Bertz CT molecular complexity index is 2360. The summed E-state index contributed by atoms with van der Waals surface area (Å²) < 4.78 is 23.9. The molecule has 0 atom stereocenters. The molecule has 14 heteroatoms. The van der Waals surface area contributed by atoms with E-state index in [1.807, 2.05) is 36.4 Å². The number of ether oxygens (including phenoxy) is 4. The Hall–Kier alpha value is -6.14. The van der Waals surface area contributed by atoms with Gasteiger partial charge in [0.1, 0.15) is 61.6 Å². The largest absolute Gasteiger partial charge is 0.488 e. The summed E-state index contributed by atoms with van der Waals surface area (Å²) in [6.07, 6.45) is 7.26. The number of pyridine rings is 2. The molecule has 10 nitrogen and oxygen atoms in total. The highest BCUT2D eigenvalue weighted by Gasteiger charge is 2.18. The third-order valence-electron chi connectivity index (χ3n) is 8.23. The molecule has 0 aliphatic heterocycles. The van der Waals surface area contributed by atoms with Crippen molar-refractivity contribution in [2.24, 2.45) is 0 Å². The van der Waals surface area contributed by atoms with Crippen LogP contribution < -0.4 is 18.9 Å². The Morgan fingerprint density at radius 1 is 0.536 bits per heavy atom. The third-order valence-corrected chi connectivity index (χ3v) is 9.72. The maximum absolute atomic E-state index is 11.8. The molecule has 0 amide bonds. The van der Waals surface area contributed by atoms with Gasteiger partial charge in [0.2, 0.25) is 0 Å². The van der Waals surface area contributed by atoms with E-state index in [0.717, 1.165) is 0 Å². The molecule has 4 aromatic carbocycles. The smallest absolute Gasteiger partial charge is 0.153 e. The van der Waals surface area contributed by atoms with Crippen LogP contribution in [0.25, 0.3) is 11.1 Å². The van der Waals surface area contributed by atoms with Crippen molar-refractivity contribution >= 4 is 59.0 Å². The van der Waals surface area contributed by atoms with E-state index in [2.05, 4.69) is 9.97 Å². The summed E-state index contributed by atoms with van der Waals surface area (Å²) in [4.78, 5) is 31.7. The van der Waals surface area contributed by atoms with Gasteiger partial charge in [-0.2, -0.15) is 10.5 Å². The highest BCUT2D eigenvalue weighted by atomic mass is 35.5. The van der Waals surface area contributed by atoms with Crippen molar-refractivity contribution in [2.45, 2.75) is 26.4 Å². The molecule has 0 unspecified atom stereocenters. The van der Waals surface area contributed by atoms with Crippen molar-refractivity contribution in [1.82, 2.24) is 9.97 Å². The average molecular weight is 825 g/mol. The molecule has 0 aliphatic carbocycles. The van der Waals surface area contributed by atoms with E-state index >= 15 is 0 Å². The van der Waals surface area contributed by atoms with Crippen LogP contribution in [-0.2, 0) is 26.4 Å². The molecule has 0 bridgehead atoms. The second-order valence-corrected chi connectivity index (χ2v) is 13.5. The number of benzene rings is 4. The highest BCUT2D eigenvalue weighted by molar-refractivity contribution is 6.37. The van der Waals surface area contributed by atoms with Crippen LogP contribution in [0.15, 0.2) is 97.6 Å². The van der Waals surface area contributed by atoms with Gasteiger partial charge in [-0.05, 0) is 24.3 Å². The first-order valence-electron chi connectivity index (χ1n) is 16.5. The average Bonchev–Trinajstić information content (AvgIpc) is 3.22. The number of halogens is 4. The standard InChI is InChI=1S/C42H26Cl4N4O6/c43-35-9-31(19-51)37(53-21-27-7-25(13-47)15-49-17-27)11-39(35)55-23-29-3-1-5-33(41(29)45)34-6-2-4-30(42(34)46)24-56-40-12-38(32(20-52)10-36(40)44)54-22-28-8-26(14-48)16-50-18-28/h1-12,15-20H,21-24H2. The molecule has 0 aliphatic rings. The van der Waals surface area contributed by atoms with Crippen LogP contribution >= 0.6 is 46.4 Å². The minimum atomic E-state index is 0.0147. The number of nitriles is 2. The monoisotopic (exact) mass is 822 g/mol. The number of carbonyl (C=O) groups excluding carboxylic acids is 2. The van der Waals surface area contributed by atoms with Crippen molar-refractivity contribution in [1.29, 1.82) is 10.5 Å². The van der Waals surface area contributed by atoms with Gasteiger partial charge in [0.25, 0.3) is 0 Å². The van der Waals surface area contributed by atoms with Crippen LogP contribution in [0.3, 0.4) is 0 Å². The lowest BCUT2D eigenvalue weighted by molar-refractivity contribution is 0.111. The number of nitrogens with zero attached hydrogens (tertiary/aromatic N) is 4. The number of carbonyl (C=O) groups is 2. The van der Waals surface area contributed by atoms with Crippen LogP contribution in [0, 0.1) is 22.7 Å². The van der Waals surface area contributed by atoms with Crippen molar-refractivity contribution in [3.8, 4) is 46.3 Å². The third kappa shape index (κ3) is 9.38. The summed E-state index contributed by atoms with van der Waals surface area (Å²) in [5.41, 5.74) is 5.01. The Morgan fingerprint density at radius 3 is 1.34 bits per heavy atom. The van der Waals surface area contributed by atoms with Crippen LogP contribution in [0.4, 0.5) is 0 Å². The molecule has 56 heavy (non-hydrogen) atoms. The molecule has 2 heterocycles. The van der Waals surface area contributed by atoms with Gasteiger partial charge in [-0.3, -0.25) is 19.6 Å². The minimum absolute atomic E-state index is 0.0147. The number of aldehydes is 2. The van der Waals surface area contributed by atoms with E-state index in [1.54, 1.807) is 36.7 Å². The maximum Gasteiger partial charge on any atom is 0.153 e. The van der Waals surface area contributed by atoms with Gasteiger partial charge >= 0.3 is 0 Å². The van der Waals surface area contributed by atoms with E-state index in [0.29, 0.717) is 67.1 Å². The Morgan fingerprint density at radius 2 is 0.946 bits per heavy atom. The first kappa shape index (κ1) is 39.6. The zero-order valence-corrected chi connectivity index (χ0v) is 32.0. The second kappa shape index (κ2) is 18.5. The first-order valence-corrected chi connectivity index (χ1v) is 18.0. The number of aromatic nitrogens is 2. The van der Waals surface area contributed by atoms with Crippen LogP contribution in [0.1, 0.15) is 54.1 Å². The number of hydrogen-bond acceptors (Lipinski definition) is 10. The zero-order valence-electron chi connectivity index (χ0n) is 29.0. The molecule has 0 spiro atoms. The highest BCUT2D eigenvalue weighted by Crippen LogP contribution is 2.39. The molecule has 0 saturated carbocycles.